The van der Waals surface area contributed by atoms with Crippen LogP contribution in [0, 0.1) is 11.1 Å². The molecular weight excluding hydrogens is 498 g/mol. The number of alkyl halides is 6. The molecule has 3 aromatic rings. The van der Waals surface area contributed by atoms with Crippen molar-refractivity contribution in [2.45, 2.75) is 43.8 Å². The van der Waals surface area contributed by atoms with Crippen LogP contribution in [0.25, 0.3) is 0 Å². The topological polar surface area (TPSA) is 48.2 Å². The normalized spacial score (nSPS) is 19.5. The summed E-state index contributed by atoms with van der Waals surface area (Å²) in [5.41, 5.74) is -1.09. The highest BCUT2D eigenvalue weighted by Crippen LogP contribution is 2.40. The first-order valence-corrected chi connectivity index (χ1v) is 11.9. The maximum absolute atomic E-state index is 13.2. The van der Waals surface area contributed by atoms with Crippen LogP contribution in [0.15, 0.2) is 73.1 Å². The van der Waals surface area contributed by atoms with Crippen molar-refractivity contribution in [3.8, 4) is 0 Å². The van der Waals surface area contributed by atoms with Crippen molar-refractivity contribution in [2.24, 2.45) is 5.92 Å². The van der Waals surface area contributed by atoms with Gasteiger partial charge in [0.15, 0.2) is 12.4 Å². The summed E-state index contributed by atoms with van der Waals surface area (Å²) in [6.07, 6.45) is -5.41. The van der Waals surface area contributed by atoms with Gasteiger partial charge in [-0.05, 0) is 60.2 Å². The largest absolute Gasteiger partial charge is 0.619 e. The molecule has 1 unspecified atom stereocenters. The summed E-state index contributed by atoms with van der Waals surface area (Å²) in [6, 6.07) is 14.6. The molecule has 1 saturated heterocycles. The van der Waals surface area contributed by atoms with Crippen molar-refractivity contribution >= 4 is 0 Å². The molecule has 1 N–H and O–H groups in total. The lowest BCUT2D eigenvalue weighted by molar-refractivity contribution is -0.605. The summed E-state index contributed by atoms with van der Waals surface area (Å²) in [5, 5.41) is 15.2. The summed E-state index contributed by atoms with van der Waals surface area (Å²) in [4.78, 5) is 0. The van der Waals surface area contributed by atoms with Crippen molar-refractivity contribution in [3.63, 3.8) is 0 Å². The van der Waals surface area contributed by atoms with Crippen LogP contribution in [0.1, 0.15) is 52.6 Å². The minimum Gasteiger partial charge on any atom is -0.619 e. The van der Waals surface area contributed by atoms with Crippen molar-refractivity contribution in [2.75, 3.05) is 13.2 Å². The molecule has 1 aliphatic heterocycles. The zero-order valence-corrected chi connectivity index (χ0v) is 19.7. The van der Waals surface area contributed by atoms with Crippen LogP contribution in [0.2, 0.25) is 0 Å². The van der Waals surface area contributed by atoms with Crippen molar-refractivity contribution in [1.82, 2.24) is 5.32 Å². The first-order valence-electron chi connectivity index (χ1n) is 11.9. The van der Waals surface area contributed by atoms with E-state index in [1.807, 2.05) is 30.3 Å². The number of hydrogen-bond acceptors (Lipinski definition) is 3. The van der Waals surface area contributed by atoms with Crippen LogP contribution in [-0.2, 0) is 23.7 Å². The number of rotatable bonds is 7. The third kappa shape index (κ3) is 6.81. The number of hydrogen-bond donors (Lipinski definition) is 1. The summed E-state index contributed by atoms with van der Waals surface area (Å²) >= 11 is 0. The Morgan fingerprint density at radius 3 is 2.14 bits per heavy atom. The monoisotopic (exact) mass is 524 g/mol. The third-order valence-corrected chi connectivity index (χ3v) is 6.65. The number of halogens is 6. The van der Waals surface area contributed by atoms with E-state index < -0.39 is 30.1 Å². The average molecular weight is 525 g/mol. The standard InChI is InChI=1S/C27H26F6N2O2/c28-26(29,30)21-13-18(14-22(15-21)27(31,32)33)16-37-17-24(19-8-11-35(36)12-9-19)23-7-4-10-34-25(23)20-5-2-1-3-6-20/h1-3,5-6,8-9,11-15,23-25,34H,4,7,10,16-17H2/t23-,24?,25+/m0/s1. The molecule has 37 heavy (non-hydrogen) atoms. The Morgan fingerprint density at radius 2 is 1.54 bits per heavy atom. The molecule has 2 aromatic carbocycles. The Kier molecular flexibility index (Phi) is 8.08. The Morgan fingerprint density at radius 1 is 0.919 bits per heavy atom. The molecule has 198 valence electrons. The lowest BCUT2D eigenvalue weighted by Gasteiger charge is -2.38. The van der Waals surface area contributed by atoms with E-state index in [1.54, 1.807) is 12.1 Å². The van der Waals surface area contributed by atoms with Crippen LogP contribution >= 0.6 is 0 Å². The van der Waals surface area contributed by atoms with E-state index in [-0.39, 0.29) is 36.1 Å². The van der Waals surface area contributed by atoms with E-state index in [1.165, 1.54) is 12.4 Å². The minimum absolute atomic E-state index is 0.0193. The lowest BCUT2D eigenvalue weighted by Crippen LogP contribution is -2.38. The van der Waals surface area contributed by atoms with E-state index >= 15 is 0 Å². The fourth-order valence-corrected chi connectivity index (χ4v) is 4.92. The Bertz CT molecular complexity index is 1130. The summed E-state index contributed by atoms with van der Waals surface area (Å²) in [5.74, 6) is -0.238. The molecule has 0 aliphatic carbocycles. The van der Waals surface area contributed by atoms with E-state index in [2.05, 4.69) is 5.32 Å². The van der Waals surface area contributed by atoms with Crippen LogP contribution in [0.3, 0.4) is 0 Å². The molecule has 4 nitrogen and oxygen atoms in total. The first-order chi connectivity index (χ1) is 17.5. The van der Waals surface area contributed by atoms with Gasteiger partial charge >= 0.3 is 12.4 Å². The zero-order valence-electron chi connectivity index (χ0n) is 19.7. The second-order valence-electron chi connectivity index (χ2n) is 9.18. The number of nitrogens with one attached hydrogen (secondary N) is 1. The summed E-state index contributed by atoms with van der Waals surface area (Å²) < 4.78 is 85.9. The molecule has 10 heteroatoms. The van der Waals surface area contributed by atoms with Crippen molar-refractivity contribution < 1.29 is 35.8 Å². The quantitative estimate of drug-likeness (QED) is 0.221. The molecule has 0 bridgehead atoms. The van der Waals surface area contributed by atoms with Gasteiger partial charge in [0.1, 0.15) is 0 Å². The van der Waals surface area contributed by atoms with Gasteiger partial charge in [-0.25, -0.2) is 0 Å². The number of piperidine rings is 1. The molecule has 2 heterocycles. The van der Waals surface area contributed by atoms with Crippen LogP contribution < -0.4 is 10.0 Å². The van der Waals surface area contributed by atoms with Gasteiger partial charge in [-0.3, -0.25) is 0 Å². The lowest BCUT2D eigenvalue weighted by atomic mass is 9.75. The van der Waals surface area contributed by atoms with E-state index in [0.29, 0.717) is 16.9 Å². The van der Waals surface area contributed by atoms with Gasteiger partial charge in [0.25, 0.3) is 0 Å². The van der Waals surface area contributed by atoms with Crippen LogP contribution in [0.5, 0.6) is 0 Å². The second kappa shape index (κ2) is 11.1. The number of pyridine rings is 1. The van der Waals surface area contributed by atoms with E-state index in [0.717, 1.165) is 30.5 Å². The second-order valence-corrected chi connectivity index (χ2v) is 9.18. The number of benzene rings is 2. The molecule has 3 atom stereocenters. The van der Waals surface area contributed by atoms with Crippen LogP contribution in [-0.4, -0.2) is 13.2 Å². The molecule has 0 radical (unpaired) electrons. The fourth-order valence-electron chi connectivity index (χ4n) is 4.92. The predicted octanol–water partition coefficient (Wildman–Crippen LogP) is 6.40. The van der Waals surface area contributed by atoms with Gasteiger partial charge < -0.3 is 15.3 Å². The Balaban J connectivity index is 1.59. The molecule has 4 rings (SSSR count). The molecule has 1 fully saturated rings. The van der Waals surface area contributed by atoms with Gasteiger partial charge in [0.05, 0.1) is 24.3 Å². The first kappa shape index (κ1) is 26.9. The SMILES string of the molecule is [O-][n+]1ccc(C(COCc2cc(C(F)(F)F)cc(C(F)(F)F)c2)[C@@H]2CCCN[C@@H]2c2ccccc2)cc1. The van der Waals surface area contributed by atoms with Crippen molar-refractivity contribution in [1.29, 1.82) is 0 Å². The van der Waals surface area contributed by atoms with Gasteiger partial charge in [-0.15, -0.1) is 0 Å². The molecule has 1 aromatic heterocycles. The maximum Gasteiger partial charge on any atom is 0.416 e. The van der Waals surface area contributed by atoms with Crippen molar-refractivity contribution in [3.05, 3.63) is 106 Å². The maximum atomic E-state index is 13.2. The molecule has 0 spiro atoms. The van der Waals surface area contributed by atoms with Gasteiger partial charge in [0.2, 0.25) is 0 Å². The fraction of sp³-hybridized carbons (Fsp3) is 0.370. The van der Waals surface area contributed by atoms with Gasteiger partial charge in [-0.2, -0.15) is 31.1 Å². The number of nitrogens with zero attached hydrogens (tertiary/aromatic N) is 1. The van der Waals surface area contributed by atoms with E-state index in [9.17, 15) is 31.5 Å². The summed E-state index contributed by atoms with van der Waals surface area (Å²) in [6.45, 7) is 0.438. The average Bonchev–Trinajstić information content (AvgIpc) is 2.87. The molecule has 0 amide bonds. The minimum atomic E-state index is -4.92. The van der Waals surface area contributed by atoms with Crippen LogP contribution in [0.4, 0.5) is 26.3 Å². The van der Waals surface area contributed by atoms with Gasteiger partial charge in [-0.1, -0.05) is 30.3 Å². The number of aromatic nitrogens is 1. The molecular formula is C27H26F6N2O2. The Hall–Kier alpha value is -3.11. The Labute approximate surface area is 210 Å². The zero-order chi connectivity index (χ0) is 26.6. The highest BCUT2D eigenvalue weighted by molar-refractivity contribution is 5.33. The number of ether oxygens (including phenoxy) is 1. The van der Waals surface area contributed by atoms with Gasteiger partial charge in [0, 0.05) is 24.1 Å². The highest BCUT2D eigenvalue weighted by atomic mass is 19.4. The molecule has 1 aliphatic rings. The highest BCUT2D eigenvalue weighted by Gasteiger charge is 2.37. The van der Waals surface area contributed by atoms with E-state index in [4.69, 9.17) is 4.74 Å². The summed E-state index contributed by atoms with van der Waals surface area (Å²) in [7, 11) is 0. The third-order valence-electron chi connectivity index (χ3n) is 6.65. The molecule has 0 saturated carbocycles. The smallest absolute Gasteiger partial charge is 0.416 e. The predicted molar refractivity (Wildman–Crippen MR) is 124 cm³/mol.